The minimum atomic E-state index is -1.08. The van der Waals surface area contributed by atoms with E-state index in [-0.39, 0.29) is 49.3 Å². The zero-order chi connectivity index (χ0) is 58.5. The van der Waals surface area contributed by atoms with Crippen molar-refractivity contribution in [1.82, 2.24) is 20.0 Å². The number of carbonyl (C=O) groups is 6. The van der Waals surface area contributed by atoms with Crippen molar-refractivity contribution in [3.8, 4) is 16.9 Å². The third kappa shape index (κ3) is 16.3. The Balaban J connectivity index is 1.18. The number of hydrogen-bond donors (Lipinski definition) is 2. The first-order valence-electron chi connectivity index (χ1n) is 27.4. The second kappa shape index (κ2) is 28.6. The smallest absolute Gasteiger partial charge is 0.410 e. The number of likely N-dealkylation sites (N-methyl/N-ethyl adjacent to an activating group) is 3. The third-order valence-electron chi connectivity index (χ3n) is 15.5. The number of methoxy groups -OCH3 is 1. The Kier molecular flexibility index (Phi) is 23.0. The molecule has 1 aliphatic carbocycles. The van der Waals surface area contributed by atoms with Crippen LogP contribution in [0.5, 0.6) is 5.75 Å². The first kappa shape index (κ1) is 63.4. The lowest BCUT2D eigenvalue weighted by atomic mass is 9.81. The lowest BCUT2D eigenvalue weighted by Gasteiger charge is -2.35. The Bertz CT molecular complexity index is 2640. The van der Waals surface area contributed by atoms with Gasteiger partial charge in [-0.15, -0.1) is 11.8 Å². The molecule has 3 aromatic carbocycles. The van der Waals surface area contributed by atoms with Crippen molar-refractivity contribution in [3.05, 3.63) is 114 Å². The largest absolute Gasteiger partial charge is 0.497 e. The lowest BCUT2D eigenvalue weighted by Crippen LogP contribution is -2.57. The maximum absolute atomic E-state index is 14.4. The van der Waals surface area contributed by atoms with Gasteiger partial charge in [0.1, 0.15) is 49.2 Å². The van der Waals surface area contributed by atoms with Gasteiger partial charge in [-0.1, -0.05) is 134 Å². The van der Waals surface area contributed by atoms with Crippen molar-refractivity contribution in [1.29, 1.82) is 0 Å². The number of nitrogens with one attached hydrogen (secondary N) is 1. The first-order valence-corrected chi connectivity index (χ1v) is 28.4. The first-order chi connectivity index (χ1) is 37.3. The molecule has 16 nitrogen and oxygen atoms in total. The number of aliphatic hydroxyl groups is 1. The highest BCUT2D eigenvalue weighted by Gasteiger charge is 2.39. The number of fused-ring (bicyclic) bond motifs is 3. The molecule has 79 heavy (non-hydrogen) atoms. The van der Waals surface area contributed by atoms with E-state index < -0.39 is 77.5 Å². The second-order valence-electron chi connectivity index (χ2n) is 22.4. The van der Waals surface area contributed by atoms with Crippen LogP contribution in [0.3, 0.4) is 0 Å². The summed E-state index contributed by atoms with van der Waals surface area (Å²) in [7, 11) is 6.12. The molecule has 2 aliphatic rings. The molecule has 0 bridgehead atoms. The summed E-state index contributed by atoms with van der Waals surface area (Å²) in [5.41, 5.74) is 5.07. The number of carbonyl (C=O) groups excluding carboxylic acids is 6. The van der Waals surface area contributed by atoms with Gasteiger partial charge in [0.2, 0.25) is 17.7 Å². The summed E-state index contributed by atoms with van der Waals surface area (Å²) in [6, 6.07) is 19.1. The highest BCUT2D eigenvalue weighted by Crippen LogP contribution is 2.44. The Hall–Kier alpha value is -6.46. The topological polar surface area (TPSA) is 194 Å². The monoisotopic (exact) mass is 1110 g/mol. The van der Waals surface area contributed by atoms with Crippen LogP contribution in [0.4, 0.5) is 4.79 Å². The van der Waals surface area contributed by atoms with Crippen molar-refractivity contribution in [2.75, 3.05) is 47.2 Å². The molecular weight excluding hydrogens is 1020 g/mol. The fourth-order valence-electron chi connectivity index (χ4n) is 9.90. The molecule has 5 rings (SSSR count). The molecule has 17 heteroatoms. The Morgan fingerprint density at radius 3 is 2.00 bits per heavy atom. The molecule has 0 spiro atoms. The number of aliphatic imine (C=N–C) groups is 1. The molecule has 1 heterocycles. The van der Waals surface area contributed by atoms with E-state index in [9.17, 15) is 33.9 Å². The van der Waals surface area contributed by atoms with Gasteiger partial charge >= 0.3 is 18.0 Å². The van der Waals surface area contributed by atoms with Gasteiger partial charge in [-0.05, 0) is 90.8 Å². The van der Waals surface area contributed by atoms with E-state index in [0.717, 1.165) is 32.9 Å². The van der Waals surface area contributed by atoms with Crippen LogP contribution < -0.4 is 10.1 Å². The molecule has 3 aromatic rings. The Labute approximate surface area is 472 Å². The van der Waals surface area contributed by atoms with Gasteiger partial charge in [0.25, 0.3) is 0 Å². The van der Waals surface area contributed by atoms with Crippen LogP contribution in [0.1, 0.15) is 111 Å². The van der Waals surface area contributed by atoms with E-state index in [1.807, 2.05) is 72.7 Å². The van der Waals surface area contributed by atoms with Crippen molar-refractivity contribution in [2.24, 2.45) is 28.2 Å². The summed E-state index contributed by atoms with van der Waals surface area (Å²) in [6.45, 7) is 22.3. The van der Waals surface area contributed by atoms with Crippen LogP contribution in [0.25, 0.3) is 11.1 Å². The highest BCUT2D eigenvalue weighted by atomic mass is 32.2. The van der Waals surface area contributed by atoms with Crippen LogP contribution >= 0.6 is 11.8 Å². The quantitative estimate of drug-likeness (QED) is 0.0336. The molecule has 0 saturated heterocycles. The van der Waals surface area contributed by atoms with Crippen LogP contribution in [0.2, 0.25) is 0 Å². The van der Waals surface area contributed by atoms with Crippen LogP contribution in [-0.2, 0) is 44.6 Å². The van der Waals surface area contributed by atoms with Gasteiger partial charge in [-0.25, -0.2) is 14.4 Å². The van der Waals surface area contributed by atoms with E-state index in [4.69, 9.17) is 23.9 Å². The van der Waals surface area contributed by atoms with Gasteiger partial charge in [0.15, 0.2) is 0 Å². The summed E-state index contributed by atoms with van der Waals surface area (Å²) in [5, 5.41) is 15.3. The molecule has 10 atom stereocenters. The maximum Gasteiger partial charge on any atom is 0.410 e. The fraction of sp³-hybridized carbons (Fsp3) is 0.532. The number of amides is 4. The number of nitrogens with zero attached hydrogens (tertiary/aromatic N) is 4. The highest BCUT2D eigenvalue weighted by molar-refractivity contribution is 8.14. The lowest BCUT2D eigenvalue weighted by molar-refractivity contribution is -0.161. The van der Waals surface area contributed by atoms with Crippen molar-refractivity contribution in [3.63, 3.8) is 0 Å². The summed E-state index contributed by atoms with van der Waals surface area (Å²) < 4.78 is 22.7. The van der Waals surface area contributed by atoms with Crippen LogP contribution in [0.15, 0.2) is 102 Å². The van der Waals surface area contributed by atoms with Gasteiger partial charge in [0.05, 0.1) is 24.3 Å². The summed E-state index contributed by atoms with van der Waals surface area (Å²) in [6.07, 6.45) is 2.88. The van der Waals surface area contributed by atoms with Crippen molar-refractivity contribution in [2.45, 2.75) is 143 Å². The second-order valence-corrected chi connectivity index (χ2v) is 23.5. The van der Waals surface area contributed by atoms with Gasteiger partial charge < -0.3 is 39.2 Å². The third-order valence-corrected chi connectivity index (χ3v) is 16.8. The molecule has 1 unspecified atom stereocenters. The average Bonchev–Trinajstić information content (AvgIpc) is 4.15. The van der Waals surface area contributed by atoms with Crippen molar-refractivity contribution >= 4 is 52.6 Å². The predicted molar refractivity (Wildman–Crippen MR) is 311 cm³/mol. The number of aliphatic hydroxyl groups excluding tert-OH is 1. The molecular formula is C62H85N5O11S. The number of thioether (sulfide) groups is 1. The van der Waals surface area contributed by atoms with Crippen LogP contribution in [0, 0.1) is 23.2 Å². The number of benzene rings is 3. The Morgan fingerprint density at radius 1 is 0.823 bits per heavy atom. The van der Waals surface area contributed by atoms with E-state index in [1.165, 1.54) is 53.7 Å². The molecule has 2 N–H and O–H groups in total. The number of esters is 2. The normalized spacial score (nSPS) is 17.6. The molecule has 1 aliphatic heterocycles. The molecule has 0 fully saturated rings. The fourth-order valence-corrected chi connectivity index (χ4v) is 11.0. The number of hydrogen-bond acceptors (Lipinski definition) is 13. The molecule has 4 amide bonds. The minimum absolute atomic E-state index is 0.00352. The standard InChI is InChI=1S/C62H85N5O11S/c1-16-30-76-60(73)54(38(4)17-2)67(14)57(70)41(7)65(12)58(71)51(34-43-26-28-45(75-15)29-27-43)64-55(69)39(5)33-44-36-79-56(63-44)40(6)52(68)31-37(3)32-53(62(9,10)11)78-59(72)42(8)66(13)61(74)77-35-50-48-24-20-18-22-46(48)47-23-19-21-25-49(47)50/h16,18-29,33,37-38,40-42,44,50-54,68H,1,17,30-32,34-36H2,2-15H3,(H,64,69)/b39-33+/t37-,38?,40-,41-,42-,44-,51-,52-,53-,54-/m0/s1. The molecule has 430 valence electrons. The zero-order valence-electron chi connectivity index (χ0n) is 48.8. The number of ether oxygens (including phenoxy) is 4. The molecule has 0 aromatic heterocycles. The van der Waals surface area contributed by atoms with Gasteiger partial charge in [-0.3, -0.25) is 24.3 Å². The predicted octanol–water partition coefficient (Wildman–Crippen LogP) is 9.27. The summed E-state index contributed by atoms with van der Waals surface area (Å²) in [5.74, 6) is -2.16. The molecule has 0 radical (unpaired) electrons. The summed E-state index contributed by atoms with van der Waals surface area (Å²) in [4.78, 5) is 91.4. The van der Waals surface area contributed by atoms with Crippen molar-refractivity contribution < 1.29 is 52.8 Å². The van der Waals surface area contributed by atoms with E-state index in [1.54, 1.807) is 58.2 Å². The SMILES string of the molecule is C=CCOC(=O)[C@H](C(C)CC)N(C)C(=O)[C@H](C)N(C)C(=O)[C@H](Cc1ccc(OC)cc1)NC(=O)/C(C)=C/[C@H]1CSC([C@@H](C)[C@@H](O)C[C@H](C)C[C@H](OC(=O)[C@H](C)N(C)C(=O)OCC2c3ccccc3-c3ccccc32)C(C)(C)C)=N1. The van der Waals surface area contributed by atoms with Gasteiger partial charge in [0, 0.05) is 50.7 Å². The van der Waals surface area contributed by atoms with Crippen LogP contribution in [-0.4, -0.2) is 150 Å². The minimum Gasteiger partial charge on any atom is -0.497 e. The van der Waals surface area contributed by atoms with E-state index in [0.29, 0.717) is 36.3 Å². The average molecular weight is 1110 g/mol. The van der Waals surface area contributed by atoms with E-state index in [2.05, 4.69) is 36.2 Å². The number of rotatable bonds is 26. The zero-order valence-corrected chi connectivity index (χ0v) is 49.6. The maximum atomic E-state index is 14.4. The summed E-state index contributed by atoms with van der Waals surface area (Å²) >= 11 is 1.51. The van der Waals surface area contributed by atoms with E-state index >= 15 is 0 Å². The Morgan fingerprint density at radius 2 is 1.43 bits per heavy atom. The molecule has 0 saturated carbocycles. The van der Waals surface area contributed by atoms with Gasteiger partial charge in [-0.2, -0.15) is 0 Å².